The molecule has 1 aromatic heterocycles. The molecule has 18 heavy (non-hydrogen) atoms. The third kappa shape index (κ3) is 4.64. The molecule has 0 fully saturated rings. The molecule has 0 bridgehead atoms. The van der Waals surface area contributed by atoms with Crippen molar-refractivity contribution in [1.29, 1.82) is 0 Å². The van der Waals surface area contributed by atoms with Crippen LogP contribution in [-0.4, -0.2) is 49.7 Å². The third-order valence-electron chi connectivity index (χ3n) is 2.26. The lowest BCUT2D eigenvalue weighted by molar-refractivity contribution is -0.119. The second-order valence-corrected chi connectivity index (χ2v) is 3.75. The van der Waals surface area contributed by atoms with Gasteiger partial charge in [-0.05, 0) is 6.07 Å². The second kappa shape index (κ2) is 7.57. The highest BCUT2D eigenvalue weighted by molar-refractivity contribution is 5.80. The number of methoxy groups -OCH3 is 1. The lowest BCUT2D eigenvalue weighted by atomic mass is 10.4. The predicted octanol–water partition coefficient (Wildman–Crippen LogP) is -0.866. The largest absolute Gasteiger partial charge is 0.383 e. The van der Waals surface area contributed by atoms with Gasteiger partial charge in [-0.15, -0.1) is 0 Å². The number of rotatable bonds is 7. The summed E-state index contributed by atoms with van der Waals surface area (Å²) in [7, 11) is 3.34. The molecule has 0 aromatic carbocycles. The number of nitrogens with two attached hydrogens (primary N) is 1. The van der Waals surface area contributed by atoms with E-state index < -0.39 is 0 Å². The fraction of sp³-hybridized carbons (Fsp3) is 0.545. The molecule has 0 aliphatic carbocycles. The molecular formula is C11H19N5O2. The highest BCUT2D eigenvalue weighted by atomic mass is 16.5. The molecule has 7 heteroatoms. The minimum atomic E-state index is -0.101. The van der Waals surface area contributed by atoms with Crippen LogP contribution in [0.1, 0.15) is 5.69 Å². The van der Waals surface area contributed by atoms with Crippen LogP contribution in [0.2, 0.25) is 0 Å². The maximum atomic E-state index is 11.6. The third-order valence-corrected chi connectivity index (χ3v) is 2.26. The highest BCUT2D eigenvalue weighted by Crippen LogP contribution is 2.04. The zero-order valence-electron chi connectivity index (χ0n) is 10.7. The van der Waals surface area contributed by atoms with Crippen LogP contribution in [0.5, 0.6) is 0 Å². The Labute approximate surface area is 106 Å². The molecule has 0 unspecified atom stereocenters. The lowest BCUT2D eigenvalue weighted by Gasteiger charge is -2.16. The summed E-state index contributed by atoms with van der Waals surface area (Å²) in [6.45, 7) is 1.53. The first-order valence-electron chi connectivity index (χ1n) is 5.66. The Kier molecular flexibility index (Phi) is 6.03. The van der Waals surface area contributed by atoms with E-state index in [0.717, 1.165) is 5.69 Å². The molecule has 0 saturated heterocycles. The minimum Gasteiger partial charge on any atom is -0.383 e. The number of hydrogen-bond acceptors (Lipinski definition) is 6. The lowest BCUT2D eigenvalue weighted by Crippen LogP contribution is -2.37. The highest BCUT2D eigenvalue weighted by Gasteiger charge is 2.09. The van der Waals surface area contributed by atoms with Gasteiger partial charge in [-0.2, -0.15) is 0 Å². The Balaban J connectivity index is 2.48. The van der Waals surface area contributed by atoms with E-state index in [-0.39, 0.29) is 12.5 Å². The number of amides is 1. The van der Waals surface area contributed by atoms with Crippen molar-refractivity contribution >= 4 is 11.9 Å². The predicted molar refractivity (Wildman–Crippen MR) is 68.1 cm³/mol. The number of carbonyl (C=O) groups excluding carboxylic acids is 1. The second-order valence-electron chi connectivity index (χ2n) is 3.75. The zero-order valence-corrected chi connectivity index (χ0v) is 10.7. The van der Waals surface area contributed by atoms with E-state index >= 15 is 0 Å². The molecular weight excluding hydrogens is 234 g/mol. The van der Waals surface area contributed by atoms with Crippen LogP contribution in [0.4, 0.5) is 5.95 Å². The van der Waals surface area contributed by atoms with Crippen molar-refractivity contribution in [2.75, 3.05) is 38.8 Å². The van der Waals surface area contributed by atoms with Crippen molar-refractivity contribution in [3.63, 3.8) is 0 Å². The standard InChI is InChI=1S/C11H19N5O2/c1-16(8-10(17)13-5-6-18-2)11-14-4-3-9(7-12)15-11/h3-4H,5-8,12H2,1-2H3,(H,13,17). The average molecular weight is 253 g/mol. The van der Waals surface area contributed by atoms with E-state index in [1.54, 1.807) is 31.3 Å². The van der Waals surface area contributed by atoms with E-state index in [9.17, 15) is 4.79 Å². The van der Waals surface area contributed by atoms with E-state index in [1.165, 1.54) is 0 Å². The van der Waals surface area contributed by atoms with Crippen LogP contribution in [0.15, 0.2) is 12.3 Å². The smallest absolute Gasteiger partial charge is 0.239 e. The summed E-state index contributed by atoms with van der Waals surface area (Å²) in [4.78, 5) is 21.6. The number of likely N-dealkylation sites (N-methyl/N-ethyl adjacent to an activating group) is 1. The molecule has 1 amide bonds. The molecule has 0 aliphatic heterocycles. The summed E-state index contributed by atoms with van der Waals surface area (Å²) in [5.74, 6) is 0.385. The monoisotopic (exact) mass is 253 g/mol. The van der Waals surface area contributed by atoms with Crippen molar-refractivity contribution in [1.82, 2.24) is 15.3 Å². The molecule has 0 atom stereocenters. The molecule has 0 radical (unpaired) electrons. The molecule has 0 aliphatic rings. The summed E-state index contributed by atoms with van der Waals surface area (Å²) in [5, 5.41) is 2.73. The van der Waals surface area contributed by atoms with Crippen LogP contribution < -0.4 is 16.0 Å². The van der Waals surface area contributed by atoms with Gasteiger partial charge in [0.05, 0.1) is 18.8 Å². The van der Waals surface area contributed by atoms with Crippen LogP contribution in [-0.2, 0) is 16.1 Å². The van der Waals surface area contributed by atoms with Gasteiger partial charge in [0, 0.05) is 33.4 Å². The van der Waals surface area contributed by atoms with Gasteiger partial charge in [0.2, 0.25) is 11.9 Å². The molecule has 0 spiro atoms. The average Bonchev–Trinajstić information content (AvgIpc) is 2.39. The fourth-order valence-corrected chi connectivity index (χ4v) is 1.32. The molecule has 3 N–H and O–H groups in total. The van der Waals surface area contributed by atoms with Crippen LogP contribution >= 0.6 is 0 Å². The quantitative estimate of drug-likeness (QED) is 0.614. The summed E-state index contributed by atoms with van der Waals surface area (Å²) in [5.41, 5.74) is 6.24. The van der Waals surface area contributed by atoms with Gasteiger partial charge in [0.25, 0.3) is 0 Å². The molecule has 1 heterocycles. The normalized spacial score (nSPS) is 10.2. The molecule has 1 rings (SSSR count). The first-order valence-corrected chi connectivity index (χ1v) is 5.66. The summed E-state index contributed by atoms with van der Waals surface area (Å²) in [6, 6.07) is 1.75. The van der Waals surface area contributed by atoms with Crippen LogP contribution in [0.25, 0.3) is 0 Å². The van der Waals surface area contributed by atoms with Crippen molar-refractivity contribution in [3.05, 3.63) is 18.0 Å². The van der Waals surface area contributed by atoms with Gasteiger partial charge in [-0.1, -0.05) is 0 Å². The number of nitrogens with zero attached hydrogens (tertiary/aromatic N) is 3. The number of aromatic nitrogens is 2. The SMILES string of the molecule is COCCNC(=O)CN(C)c1nccc(CN)n1. The van der Waals surface area contributed by atoms with Crippen LogP contribution in [0.3, 0.4) is 0 Å². The number of carbonyl (C=O) groups is 1. The Hall–Kier alpha value is -1.73. The van der Waals surface area contributed by atoms with Gasteiger partial charge in [-0.25, -0.2) is 9.97 Å². The van der Waals surface area contributed by atoms with Gasteiger partial charge in [0.15, 0.2) is 0 Å². The van der Waals surface area contributed by atoms with Crippen molar-refractivity contribution in [3.8, 4) is 0 Å². The number of nitrogens with one attached hydrogen (secondary N) is 1. The summed E-state index contributed by atoms with van der Waals surface area (Å²) in [6.07, 6.45) is 1.63. The maximum absolute atomic E-state index is 11.6. The first kappa shape index (κ1) is 14.3. The first-order chi connectivity index (χ1) is 8.67. The zero-order chi connectivity index (χ0) is 13.4. The van der Waals surface area contributed by atoms with E-state index in [4.69, 9.17) is 10.5 Å². The van der Waals surface area contributed by atoms with E-state index in [1.807, 2.05) is 0 Å². The molecule has 100 valence electrons. The Bertz CT molecular complexity index is 385. The molecule has 0 saturated carbocycles. The van der Waals surface area contributed by atoms with Crippen molar-refractivity contribution in [2.24, 2.45) is 5.73 Å². The van der Waals surface area contributed by atoms with E-state index in [2.05, 4.69) is 15.3 Å². The molecule has 1 aromatic rings. The topological polar surface area (TPSA) is 93.4 Å². The van der Waals surface area contributed by atoms with Gasteiger partial charge < -0.3 is 20.7 Å². The fourth-order valence-electron chi connectivity index (χ4n) is 1.32. The number of hydrogen-bond donors (Lipinski definition) is 2. The Morgan fingerprint density at radius 2 is 2.39 bits per heavy atom. The Morgan fingerprint density at radius 1 is 1.61 bits per heavy atom. The summed E-state index contributed by atoms with van der Waals surface area (Å²) >= 11 is 0. The number of anilines is 1. The van der Waals surface area contributed by atoms with Crippen molar-refractivity contribution < 1.29 is 9.53 Å². The van der Waals surface area contributed by atoms with Gasteiger partial charge in [-0.3, -0.25) is 4.79 Å². The summed E-state index contributed by atoms with van der Waals surface area (Å²) < 4.78 is 4.85. The minimum absolute atomic E-state index is 0.101. The molecule has 7 nitrogen and oxygen atoms in total. The maximum Gasteiger partial charge on any atom is 0.239 e. The van der Waals surface area contributed by atoms with Crippen molar-refractivity contribution in [2.45, 2.75) is 6.54 Å². The van der Waals surface area contributed by atoms with Gasteiger partial charge in [0.1, 0.15) is 0 Å². The van der Waals surface area contributed by atoms with Crippen LogP contribution in [0, 0.1) is 0 Å². The Morgan fingerprint density at radius 3 is 3.06 bits per heavy atom. The van der Waals surface area contributed by atoms with E-state index in [0.29, 0.717) is 25.6 Å². The van der Waals surface area contributed by atoms with Gasteiger partial charge >= 0.3 is 0 Å². The number of ether oxygens (including phenoxy) is 1.